The van der Waals surface area contributed by atoms with Gasteiger partial charge in [0, 0.05) is 6.20 Å². The first-order chi connectivity index (χ1) is 8.41. The molecule has 96 valence electrons. The summed E-state index contributed by atoms with van der Waals surface area (Å²) in [5.41, 5.74) is 1.11. The highest BCUT2D eigenvalue weighted by Crippen LogP contribution is 2.28. The van der Waals surface area contributed by atoms with Gasteiger partial charge in [0.15, 0.2) is 11.5 Å². The molecule has 6 nitrogen and oxygen atoms in total. The third-order valence-corrected chi connectivity index (χ3v) is 2.22. The van der Waals surface area contributed by atoms with Gasteiger partial charge in [-0.3, -0.25) is 5.43 Å². The molecule has 0 radical (unpaired) electrons. The van der Waals surface area contributed by atoms with Crippen molar-refractivity contribution in [1.29, 1.82) is 0 Å². The zero-order valence-corrected chi connectivity index (χ0v) is 9.37. The molecule has 0 spiro atoms. The maximum absolute atomic E-state index is 12.4. The van der Waals surface area contributed by atoms with E-state index in [0.717, 1.165) is 16.9 Å². The van der Waals surface area contributed by atoms with Crippen LogP contribution in [0.4, 0.5) is 19.1 Å². The van der Waals surface area contributed by atoms with E-state index in [9.17, 15) is 13.2 Å². The van der Waals surface area contributed by atoms with Crippen molar-refractivity contribution in [1.82, 2.24) is 19.7 Å². The number of anilines is 1. The van der Waals surface area contributed by atoms with Gasteiger partial charge in [0.1, 0.15) is 5.02 Å². The number of alkyl halides is 3. The fraction of sp³-hybridized carbons (Fsp3) is 0.125. The van der Waals surface area contributed by atoms with Gasteiger partial charge in [-0.05, 0) is 6.07 Å². The highest BCUT2D eigenvalue weighted by Gasteiger charge is 2.33. The molecule has 0 aromatic carbocycles. The number of rotatable bonds is 2. The molecule has 0 atom stereocenters. The third kappa shape index (κ3) is 2.36. The Labute approximate surface area is 104 Å². The van der Waals surface area contributed by atoms with Crippen LogP contribution in [0, 0.1) is 0 Å². The molecule has 0 aliphatic rings. The largest absolute Gasteiger partial charge is 0.435 e. The van der Waals surface area contributed by atoms with Gasteiger partial charge in [-0.1, -0.05) is 11.6 Å². The Morgan fingerprint density at radius 3 is 2.67 bits per heavy atom. The van der Waals surface area contributed by atoms with Gasteiger partial charge >= 0.3 is 6.18 Å². The predicted octanol–water partition coefficient (Wildman–Crippen LogP) is 1.62. The quantitative estimate of drug-likeness (QED) is 0.644. The summed E-state index contributed by atoms with van der Waals surface area (Å²) in [6.45, 7) is 0. The average molecular weight is 279 g/mol. The van der Waals surface area contributed by atoms with Crippen LogP contribution in [-0.4, -0.2) is 19.7 Å². The van der Waals surface area contributed by atoms with Gasteiger partial charge in [-0.25, -0.2) is 15.5 Å². The minimum atomic E-state index is -4.53. The van der Waals surface area contributed by atoms with Crippen molar-refractivity contribution in [2.24, 2.45) is 5.84 Å². The van der Waals surface area contributed by atoms with Crippen molar-refractivity contribution in [3.8, 4) is 5.82 Å². The number of nitrogens with zero attached hydrogens (tertiary/aromatic N) is 4. The number of aromatic nitrogens is 4. The Hall–Kier alpha value is -1.87. The second-order valence-corrected chi connectivity index (χ2v) is 3.56. The number of hydrogen-bond acceptors (Lipinski definition) is 5. The highest BCUT2D eigenvalue weighted by molar-refractivity contribution is 6.32. The minimum absolute atomic E-state index is 0.00452. The summed E-state index contributed by atoms with van der Waals surface area (Å²) in [5, 5.41) is 3.38. The smallest absolute Gasteiger partial charge is 0.292 e. The topological polar surface area (TPSA) is 81.6 Å². The molecule has 0 fully saturated rings. The van der Waals surface area contributed by atoms with E-state index < -0.39 is 11.9 Å². The molecule has 0 aliphatic heterocycles. The molecule has 2 aromatic rings. The lowest BCUT2D eigenvalue weighted by molar-refractivity contribution is -0.141. The summed E-state index contributed by atoms with van der Waals surface area (Å²) in [6.07, 6.45) is -2.23. The van der Waals surface area contributed by atoms with E-state index >= 15 is 0 Å². The van der Waals surface area contributed by atoms with Crippen LogP contribution in [-0.2, 0) is 6.18 Å². The lowest BCUT2D eigenvalue weighted by Crippen LogP contribution is -2.13. The highest BCUT2D eigenvalue weighted by atomic mass is 35.5. The normalized spacial score (nSPS) is 11.6. The van der Waals surface area contributed by atoms with Crippen LogP contribution in [0.5, 0.6) is 0 Å². The molecule has 2 aromatic heterocycles. The standard InChI is InChI=1S/C8H6ClF3N6/c9-4-3-14-7(16-13)15-6(4)18-2-1-5(17-18)8(10,11)12/h1-3H,13H2,(H,14,15,16). The van der Waals surface area contributed by atoms with E-state index in [2.05, 4.69) is 20.5 Å². The first-order valence-corrected chi connectivity index (χ1v) is 4.92. The van der Waals surface area contributed by atoms with Crippen LogP contribution < -0.4 is 11.3 Å². The van der Waals surface area contributed by atoms with Crippen LogP contribution in [0.2, 0.25) is 5.02 Å². The van der Waals surface area contributed by atoms with E-state index in [1.54, 1.807) is 0 Å². The molecule has 0 saturated heterocycles. The van der Waals surface area contributed by atoms with Crippen molar-refractivity contribution in [2.45, 2.75) is 6.18 Å². The van der Waals surface area contributed by atoms with Crippen molar-refractivity contribution in [2.75, 3.05) is 5.43 Å². The third-order valence-electron chi connectivity index (χ3n) is 1.95. The van der Waals surface area contributed by atoms with Crippen LogP contribution >= 0.6 is 11.6 Å². The molecular weight excluding hydrogens is 273 g/mol. The van der Waals surface area contributed by atoms with E-state index in [1.165, 1.54) is 6.20 Å². The van der Waals surface area contributed by atoms with Gasteiger partial charge in [-0.2, -0.15) is 23.3 Å². The summed E-state index contributed by atoms with van der Waals surface area (Å²) in [4.78, 5) is 7.51. The molecule has 0 aliphatic carbocycles. The zero-order valence-electron chi connectivity index (χ0n) is 8.61. The van der Waals surface area contributed by atoms with E-state index in [4.69, 9.17) is 17.4 Å². The lowest BCUT2D eigenvalue weighted by Gasteiger charge is -2.05. The summed E-state index contributed by atoms with van der Waals surface area (Å²) >= 11 is 5.78. The van der Waals surface area contributed by atoms with Crippen LogP contribution in [0.1, 0.15) is 5.69 Å². The first kappa shape index (κ1) is 12.6. The molecule has 18 heavy (non-hydrogen) atoms. The van der Waals surface area contributed by atoms with Crippen molar-refractivity contribution >= 4 is 17.5 Å². The van der Waals surface area contributed by atoms with Crippen LogP contribution in [0.3, 0.4) is 0 Å². The van der Waals surface area contributed by atoms with Gasteiger partial charge in [0.25, 0.3) is 0 Å². The minimum Gasteiger partial charge on any atom is -0.292 e. The summed E-state index contributed by atoms with van der Waals surface area (Å²) in [6, 6.07) is 0.813. The second-order valence-electron chi connectivity index (χ2n) is 3.15. The lowest BCUT2D eigenvalue weighted by atomic mass is 10.4. The van der Waals surface area contributed by atoms with Gasteiger partial charge in [-0.15, -0.1) is 0 Å². The molecule has 2 rings (SSSR count). The molecule has 0 unspecified atom stereocenters. The summed E-state index contributed by atoms with van der Waals surface area (Å²) in [5.74, 6) is 5.10. The molecule has 3 N–H and O–H groups in total. The van der Waals surface area contributed by atoms with Crippen molar-refractivity contribution < 1.29 is 13.2 Å². The fourth-order valence-corrected chi connectivity index (χ4v) is 1.36. The molecule has 0 amide bonds. The number of nitrogens with one attached hydrogen (secondary N) is 1. The maximum Gasteiger partial charge on any atom is 0.435 e. The Bertz CT molecular complexity index is 566. The van der Waals surface area contributed by atoms with E-state index in [1.807, 2.05) is 0 Å². The van der Waals surface area contributed by atoms with Gasteiger partial charge in [0.2, 0.25) is 5.95 Å². The molecule has 0 saturated carbocycles. The second kappa shape index (κ2) is 4.42. The predicted molar refractivity (Wildman–Crippen MR) is 57.0 cm³/mol. The molecule has 2 heterocycles. The Kier molecular flexibility index (Phi) is 3.09. The zero-order chi connectivity index (χ0) is 13.3. The SMILES string of the molecule is NNc1ncc(Cl)c(-n2ccc(C(F)(F)F)n2)n1. The summed E-state index contributed by atoms with van der Waals surface area (Å²) < 4.78 is 38.1. The Morgan fingerprint density at radius 1 is 1.39 bits per heavy atom. The Morgan fingerprint density at radius 2 is 2.11 bits per heavy atom. The van der Waals surface area contributed by atoms with Crippen molar-refractivity contribution in [3.63, 3.8) is 0 Å². The van der Waals surface area contributed by atoms with Gasteiger partial charge in [0.05, 0.1) is 6.20 Å². The summed E-state index contributed by atoms with van der Waals surface area (Å²) in [7, 11) is 0. The number of halogens is 4. The van der Waals surface area contributed by atoms with Crippen LogP contribution in [0.25, 0.3) is 5.82 Å². The monoisotopic (exact) mass is 278 g/mol. The van der Waals surface area contributed by atoms with Crippen LogP contribution in [0.15, 0.2) is 18.5 Å². The number of hydrogen-bond donors (Lipinski definition) is 2. The molecular formula is C8H6ClF3N6. The van der Waals surface area contributed by atoms with E-state index in [0.29, 0.717) is 0 Å². The average Bonchev–Trinajstić information content (AvgIpc) is 2.78. The molecule has 10 heteroatoms. The maximum atomic E-state index is 12.4. The van der Waals surface area contributed by atoms with Gasteiger partial charge < -0.3 is 0 Å². The molecule has 0 bridgehead atoms. The fourth-order valence-electron chi connectivity index (χ4n) is 1.18. The Balaban J connectivity index is 2.45. The number of nitrogen functional groups attached to an aromatic ring is 1. The number of hydrazine groups is 1. The first-order valence-electron chi connectivity index (χ1n) is 4.54. The number of nitrogens with two attached hydrogens (primary N) is 1. The van der Waals surface area contributed by atoms with Crippen molar-refractivity contribution in [3.05, 3.63) is 29.2 Å². The van der Waals surface area contributed by atoms with E-state index in [-0.39, 0.29) is 16.8 Å².